The van der Waals surface area contributed by atoms with Crippen molar-refractivity contribution < 1.29 is 0 Å². The topological polar surface area (TPSA) is 17.8 Å². The van der Waals surface area contributed by atoms with Gasteiger partial charge in [0.25, 0.3) is 0 Å². The summed E-state index contributed by atoms with van der Waals surface area (Å²) in [5.41, 5.74) is 6.72. The highest BCUT2D eigenvalue weighted by Gasteiger charge is 2.14. The van der Waals surface area contributed by atoms with Crippen LogP contribution in [0.1, 0.15) is 0 Å². The lowest BCUT2D eigenvalue weighted by Gasteiger charge is -2.09. The second-order valence-corrected chi connectivity index (χ2v) is 6.54. The first kappa shape index (κ1) is 15.6. The predicted octanol–water partition coefficient (Wildman–Crippen LogP) is 6.36. The van der Waals surface area contributed by atoms with E-state index in [0.717, 1.165) is 28.1 Å². The molecule has 2 heteroatoms. The van der Waals surface area contributed by atoms with E-state index in [0.29, 0.717) is 0 Å². The average molecular weight is 346 g/mol. The number of hydrogen-bond donors (Lipinski definition) is 0. The minimum atomic E-state index is 0.960. The smallest absolute Gasteiger partial charge is 0.145 e. The molecule has 0 spiro atoms. The van der Waals surface area contributed by atoms with Crippen molar-refractivity contribution in [2.45, 2.75) is 0 Å². The Morgan fingerprint density at radius 2 is 1.11 bits per heavy atom. The fourth-order valence-corrected chi connectivity index (χ4v) is 3.51. The van der Waals surface area contributed by atoms with Crippen LogP contribution in [0.15, 0.2) is 109 Å². The molecule has 0 aliphatic rings. The van der Waals surface area contributed by atoms with Crippen LogP contribution >= 0.6 is 0 Å². The molecule has 0 saturated carbocycles. The van der Waals surface area contributed by atoms with Crippen molar-refractivity contribution in [2.75, 3.05) is 0 Å². The number of rotatable bonds is 3. The molecule has 0 N–H and O–H groups in total. The predicted molar refractivity (Wildman–Crippen MR) is 112 cm³/mol. The molecule has 0 aliphatic carbocycles. The molecule has 0 aliphatic heterocycles. The lowest BCUT2D eigenvalue weighted by molar-refractivity contribution is 1.10. The Balaban J connectivity index is 1.77. The van der Waals surface area contributed by atoms with Crippen LogP contribution in [-0.2, 0) is 0 Å². The van der Waals surface area contributed by atoms with Crippen LogP contribution in [0.3, 0.4) is 0 Å². The Hall–Kier alpha value is -3.65. The molecule has 0 saturated heterocycles. The highest BCUT2D eigenvalue weighted by Crippen LogP contribution is 2.31. The van der Waals surface area contributed by atoms with Crippen molar-refractivity contribution in [3.05, 3.63) is 109 Å². The van der Waals surface area contributed by atoms with E-state index in [1.165, 1.54) is 11.1 Å². The normalized spacial score (nSPS) is 11.0. The molecule has 128 valence electrons. The van der Waals surface area contributed by atoms with Gasteiger partial charge in [-0.05, 0) is 35.4 Å². The van der Waals surface area contributed by atoms with E-state index in [2.05, 4.69) is 95.6 Å². The van der Waals surface area contributed by atoms with Crippen LogP contribution in [0.4, 0.5) is 0 Å². The van der Waals surface area contributed by atoms with Crippen molar-refractivity contribution in [3.8, 4) is 28.2 Å². The van der Waals surface area contributed by atoms with Crippen LogP contribution in [0.25, 0.3) is 39.2 Å². The zero-order valence-corrected chi connectivity index (χ0v) is 14.8. The summed E-state index contributed by atoms with van der Waals surface area (Å²) >= 11 is 0. The quantitative estimate of drug-likeness (QED) is 0.372. The van der Waals surface area contributed by atoms with E-state index in [9.17, 15) is 0 Å². The van der Waals surface area contributed by atoms with Crippen LogP contribution in [0, 0.1) is 0 Å². The molecular weight excluding hydrogens is 328 g/mol. The van der Waals surface area contributed by atoms with Gasteiger partial charge in [0.15, 0.2) is 0 Å². The van der Waals surface area contributed by atoms with E-state index in [4.69, 9.17) is 4.98 Å². The molecule has 2 nitrogen and oxygen atoms in total. The van der Waals surface area contributed by atoms with Gasteiger partial charge in [0.05, 0.1) is 11.0 Å². The lowest BCUT2D eigenvalue weighted by Crippen LogP contribution is -1.97. The summed E-state index contributed by atoms with van der Waals surface area (Å²) in [6.07, 6.45) is 0. The van der Waals surface area contributed by atoms with Gasteiger partial charge in [-0.15, -0.1) is 0 Å². The highest BCUT2D eigenvalue weighted by molar-refractivity contribution is 5.87. The van der Waals surface area contributed by atoms with E-state index >= 15 is 0 Å². The molecule has 0 fully saturated rings. The fraction of sp³-hybridized carbons (Fsp3) is 0. The molecule has 0 unspecified atom stereocenters. The van der Waals surface area contributed by atoms with E-state index in [-0.39, 0.29) is 0 Å². The Labute approximate surface area is 158 Å². The fourth-order valence-electron chi connectivity index (χ4n) is 3.51. The zero-order valence-electron chi connectivity index (χ0n) is 14.8. The monoisotopic (exact) mass is 346 g/mol. The molecular formula is C25H18N2. The van der Waals surface area contributed by atoms with Gasteiger partial charge < -0.3 is 0 Å². The first-order valence-electron chi connectivity index (χ1n) is 9.09. The molecule has 0 radical (unpaired) electrons. The summed E-state index contributed by atoms with van der Waals surface area (Å²) in [7, 11) is 0. The third-order valence-corrected chi connectivity index (χ3v) is 4.81. The zero-order chi connectivity index (χ0) is 18.1. The van der Waals surface area contributed by atoms with Gasteiger partial charge in [-0.3, -0.25) is 4.57 Å². The Morgan fingerprint density at radius 1 is 0.519 bits per heavy atom. The second kappa shape index (κ2) is 6.58. The van der Waals surface area contributed by atoms with Crippen molar-refractivity contribution in [3.63, 3.8) is 0 Å². The largest absolute Gasteiger partial charge is 0.292 e. The first-order chi connectivity index (χ1) is 13.4. The van der Waals surface area contributed by atoms with Crippen LogP contribution in [0.2, 0.25) is 0 Å². The number of benzene rings is 4. The van der Waals surface area contributed by atoms with Crippen LogP contribution in [-0.4, -0.2) is 9.55 Å². The van der Waals surface area contributed by atoms with Crippen molar-refractivity contribution in [1.29, 1.82) is 0 Å². The lowest BCUT2D eigenvalue weighted by atomic mass is 10.1. The Bertz CT molecular complexity index is 1190. The highest BCUT2D eigenvalue weighted by atomic mass is 15.1. The van der Waals surface area contributed by atoms with Crippen molar-refractivity contribution in [2.24, 2.45) is 0 Å². The molecule has 1 aromatic heterocycles. The third kappa shape index (κ3) is 2.81. The minimum Gasteiger partial charge on any atom is -0.292 e. The number of imidazole rings is 1. The number of hydrogen-bond acceptors (Lipinski definition) is 1. The van der Waals surface area contributed by atoms with Gasteiger partial charge in [-0.2, -0.15) is 0 Å². The van der Waals surface area contributed by atoms with Crippen molar-refractivity contribution >= 4 is 11.0 Å². The first-order valence-corrected chi connectivity index (χ1v) is 9.09. The molecule has 1 heterocycles. The third-order valence-electron chi connectivity index (χ3n) is 4.81. The Morgan fingerprint density at radius 3 is 1.78 bits per heavy atom. The minimum absolute atomic E-state index is 0.960. The van der Waals surface area contributed by atoms with Crippen LogP contribution in [0.5, 0.6) is 0 Å². The summed E-state index contributed by atoms with van der Waals surface area (Å²) < 4.78 is 2.24. The van der Waals surface area contributed by atoms with Gasteiger partial charge in [-0.25, -0.2) is 4.98 Å². The molecule has 0 atom stereocenters. The van der Waals surface area contributed by atoms with Gasteiger partial charge >= 0.3 is 0 Å². The van der Waals surface area contributed by atoms with Crippen molar-refractivity contribution in [1.82, 2.24) is 9.55 Å². The maximum Gasteiger partial charge on any atom is 0.145 e. The summed E-state index contributed by atoms with van der Waals surface area (Å²) in [6, 6.07) is 37.7. The van der Waals surface area contributed by atoms with Gasteiger partial charge in [0.2, 0.25) is 0 Å². The SMILES string of the molecule is c1ccc(-c2ccc3c(c2)nc(-c2ccccc2)n3-c2ccccc2)cc1. The van der Waals surface area contributed by atoms with E-state index in [1.807, 2.05) is 18.2 Å². The summed E-state index contributed by atoms with van der Waals surface area (Å²) in [4.78, 5) is 5.01. The maximum absolute atomic E-state index is 5.01. The second-order valence-electron chi connectivity index (χ2n) is 6.54. The average Bonchev–Trinajstić information content (AvgIpc) is 3.14. The van der Waals surface area contributed by atoms with Gasteiger partial charge in [-0.1, -0.05) is 84.9 Å². The number of aromatic nitrogens is 2. The maximum atomic E-state index is 5.01. The molecule has 27 heavy (non-hydrogen) atoms. The summed E-state index contributed by atoms with van der Waals surface area (Å²) in [5.74, 6) is 0.960. The Kier molecular flexibility index (Phi) is 3.80. The summed E-state index contributed by atoms with van der Waals surface area (Å²) in [6.45, 7) is 0. The number of fused-ring (bicyclic) bond motifs is 1. The van der Waals surface area contributed by atoms with Gasteiger partial charge in [0.1, 0.15) is 5.82 Å². The van der Waals surface area contributed by atoms with Gasteiger partial charge in [0, 0.05) is 11.3 Å². The molecule has 0 amide bonds. The summed E-state index contributed by atoms with van der Waals surface area (Å²) in [5, 5.41) is 0. The number of nitrogens with zero attached hydrogens (tertiary/aromatic N) is 2. The molecule has 4 aromatic carbocycles. The molecule has 5 rings (SSSR count). The van der Waals surface area contributed by atoms with Crippen LogP contribution < -0.4 is 0 Å². The molecule has 5 aromatic rings. The van der Waals surface area contributed by atoms with E-state index in [1.54, 1.807) is 0 Å². The standard InChI is InChI=1S/C25H18N2/c1-4-10-19(11-5-1)21-16-17-24-23(18-21)26-25(20-12-6-2-7-13-20)27(24)22-14-8-3-9-15-22/h1-18H. The number of para-hydroxylation sites is 1. The molecule has 0 bridgehead atoms. The van der Waals surface area contributed by atoms with E-state index < -0.39 is 0 Å².